The lowest BCUT2D eigenvalue weighted by Gasteiger charge is -2.00. The molecule has 0 atom stereocenters. The topological polar surface area (TPSA) is 50.7 Å². The van der Waals surface area contributed by atoms with E-state index in [1.165, 1.54) is 4.70 Å². The van der Waals surface area contributed by atoms with Crippen molar-refractivity contribution >= 4 is 27.4 Å². The van der Waals surface area contributed by atoms with E-state index < -0.39 is 0 Å². The highest BCUT2D eigenvalue weighted by molar-refractivity contribution is 7.18. The molecule has 0 radical (unpaired) electrons. The zero-order chi connectivity index (χ0) is 11.5. The van der Waals surface area contributed by atoms with Crippen molar-refractivity contribution in [3.63, 3.8) is 0 Å². The lowest BCUT2D eigenvalue weighted by molar-refractivity contribution is 1.07. The molecule has 1 N–H and O–H groups in total. The molecule has 3 rings (SSSR count). The number of nitrogens with one attached hydrogen (secondary N) is 1. The molecule has 5 heteroatoms. The van der Waals surface area contributed by atoms with Gasteiger partial charge < -0.3 is 5.32 Å². The van der Waals surface area contributed by atoms with Gasteiger partial charge in [0.15, 0.2) is 0 Å². The molecule has 0 saturated heterocycles. The van der Waals surface area contributed by atoms with E-state index in [2.05, 4.69) is 26.3 Å². The Balaban J connectivity index is 1.77. The Morgan fingerprint density at radius 3 is 2.94 bits per heavy atom. The van der Waals surface area contributed by atoms with Gasteiger partial charge in [0.05, 0.1) is 23.0 Å². The van der Waals surface area contributed by atoms with Crippen molar-refractivity contribution in [1.29, 1.82) is 0 Å². The molecule has 4 nitrogen and oxygen atoms in total. The third kappa shape index (κ3) is 2.24. The Labute approximate surface area is 102 Å². The van der Waals surface area contributed by atoms with Crippen LogP contribution >= 0.6 is 11.3 Å². The second kappa shape index (κ2) is 4.47. The van der Waals surface area contributed by atoms with Crippen molar-refractivity contribution in [1.82, 2.24) is 15.0 Å². The van der Waals surface area contributed by atoms with Crippen molar-refractivity contribution in [2.75, 3.05) is 5.32 Å². The molecule has 0 fully saturated rings. The summed E-state index contributed by atoms with van der Waals surface area (Å²) in [6, 6.07) is 8.14. The predicted molar refractivity (Wildman–Crippen MR) is 69.0 cm³/mol. The van der Waals surface area contributed by atoms with Gasteiger partial charge >= 0.3 is 0 Å². The fourth-order valence-electron chi connectivity index (χ4n) is 1.55. The van der Waals surface area contributed by atoms with Crippen molar-refractivity contribution in [3.8, 4) is 0 Å². The van der Waals surface area contributed by atoms with E-state index >= 15 is 0 Å². The summed E-state index contributed by atoms with van der Waals surface area (Å²) in [4.78, 5) is 12.7. The standard InChI is InChI=1S/C12H10N4S/c1-2-4-10-9(3-1)16-12(17-10)8-15-11-7-13-5-6-14-11/h1-7H,8H2,(H,14,15). The van der Waals surface area contributed by atoms with E-state index in [0.717, 1.165) is 16.3 Å². The number of thiazole rings is 1. The minimum atomic E-state index is 0.679. The Bertz CT molecular complexity index is 587. The van der Waals surface area contributed by atoms with Crippen LogP contribution in [-0.2, 0) is 6.54 Å². The third-order valence-corrected chi connectivity index (χ3v) is 3.36. The maximum Gasteiger partial charge on any atom is 0.144 e. The highest BCUT2D eigenvalue weighted by Crippen LogP contribution is 2.21. The summed E-state index contributed by atoms with van der Waals surface area (Å²) in [5, 5.41) is 4.25. The maximum absolute atomic E-state index is 4.54. The van der Waals surface area contributed by atoms with E-state index in [4.69, 9.17) is 0 Å². The number of nitrogens with zero attached hydrogens (tertiary/aromatic N) is 3. The van der Waals surface area contributed by atoms with E-state index in [1.807, 2.05) is 18.2 Å². The summed E-state index contributed by atoms with van der Waals surface area (Å²) in [7, 11) is 0. The van der Waals surface area contributed by atoms with Crippen LogP contribution < -0.4 is 5.32 Å². The molecule has 0 bridgehead atoms. The number of fused-ring (bicyclic) bond motifs is 1. The van der Waals surface area contributed by atoms with Gasteiger partial charge in [-0.25, -0.2) is 9.97 Å². The minimum absolute atomic E-state index is 0.679. The van der Waals surface area contributed by atoms with Crippen LogP contribution in [0.5, 0.6) is 0 Å². The van der Waals surface area contributed by atoms with Crippen LogP contribution in [0.4, 0.5) is 5.82 Å². The number of hydrogen-bond donors (Lipinski definition) is 1. The predicted octanol–water partition coefficient (Wildman–Crippen LogP) is 2.70. The van der Waals surface area contributed by atoms with Crippen LogP contribution in [0.15, 0.2) is 42.9 Å². The molecule has 84 valence electrons. The molecule has 17 heavy (non-hydrogen) atoms. The van der Waals surface area contributed by atoms with Crippen LogP contribution in [-0.4, -0.2) is 15.0 Å². The van der Waals surface area contributed by atoms with Gasteiger partial charge in [-0.15, -0.1) is 11.3 Å². The minimum Gasteiger partial charge on any atom is -0.362 e. The average molecular weight is 242 g/mol. The summed E-state index contributed by atoms with van der Waals surface area (Å²) in [6.45, 7) is 0.679. The first-order valence-electron chi connectivity index (χ1n) is 5.26. The fourth-order valence-corrected chi connectivity index (χ4v) is 2.46. The van der Waals surface area contributed by atoms with Crippen molar-refractivity contribution in [2.45, 2.75) is 6.54 Å². The van der Waals surface area contributed by atoms with Crippen LogP contribution in [0.3, 0.4) is 0 Å². The van der Waals surface area contributed by atoms with E-state index in [9.17, 15) is 0 Å². The Morgan fingerprint density at radius 1 is 1.18 bits per heavy atom. The van der Waals surface area contributed by atoms with Gasteiger partial charge in [-0.3, -0.25) is 4.98 Å². The molecule has 0 unspecified atom stereocenters. The monoisotopic (exact) mass is 242 g/mol. The highest BCUT2D eigenvalue weighted by Gasteiger charge is 2.02. The van der Waals surface area contributed by atoms with Gasteiger partial charge in [0.2, 0.25) is 0 Å². The second-order valence-corrected chi connectivity index (χ2v) is 4.63. The van der Waals surface area contributed by atoms with Crippen molar-refractivity contribution in [2.24, 2.45) is 0 Å². The fraction of sp³-hybridized carbons (Fsp3) is 0.0833. The first kappa shape index (κ1) is 10.2. The molecule has 3 aromatic rings. The number of benzene rings is 1. The van der Waals surface area contributed by atoms with E-state index in [0.29, 0.717) is 6.54 Å². The zero-order valence-corrected chi connectivity index (χ0v) is 9.81. The van der Waals surface area contributed by atoms with Crippen LogP contribution in [0.25, 0.3) is 10.2 Å². The number of anilines is 1. The van der Waals surface area contributed by atoms with Gasteiger partial charge in [0, 0.05) is 12.4 Å². The summed E-state index contributed by atoms with van der Waals surface area (Å²) >= 11 is 1.69. The van der Waals surface area contributed by atoms with E-state index in [1.54, 1.807) is 29.9 Å². The first-order valence-corrected chi connectivity index (χ1v) is 6.08. The molecule has 2 aromatic heterocycles. The Hall–Kier alpha value is -2.01. The molecule has 0 aliphatic heterocycles. The Morgan fingerprint density at radius 2 is 2.12 bits per heavy atom. The number of para-hydroxylation sites is 1. The van der Waals surface area contributed by atoms with Crippen molar-refractivity contribution < 1.29 is 0 Å². The van der Waals surface area contributed by atoms with E-state index in [-0.39, 0.29) is 0 Å². The third-order valence-electron chi connectivity index (χ3n) is 2.32. The van der Waals surface area contributed by atoms with Gasteiger partial charge in [-0.2, -0.15) is 0 Å². The summed E-state index contributed by atoms with van der Waals surface area (Å²) in [6.07, 6.45) is 5.02. The highest BCUT2D eigenvalue weighted by atomic mass is 32.1. The average Bonchev–Trinajstić information content (AvgIpc) is 2.80. The molecular formula is C12H10N4S. The molecule has 0 amide bonds. The van der Waals surface area contributed by atoms with Gasteiger partial charge in [-0.1, -0.05) is 12.1 Å². The largest absolute Gasteiger partial charge is 0.362 e. The first-order chi connectivity index (χ1) is 8.42. The van der Waals surface area contributed by atoms with Crippen LogP contribution in [0.2, 0.25) is 0 Å². The molecule has 1 aromatic carbocycles. The number of rotatable bonds is 3. The smallest absolute Gasteiger partial charge is 0.144 e. The molecule has 0 spiro atoms. The van der Waals surface area contributed by atoms with Crippen LogP contribution in [0.1, 0.15) is 5.01 Å². The van der Waals surface area contributed by atoms with Crippen molar-refractivity contribution in [3.05, 3.63) is 47.9 Å². The SMILES string of the molecule is c1ccc2sc(CNc3cnccn3)nc2c1. The van der Waals surface area contributed by atoms with Crippen LogP contribution in [0, 0.1) is 0 Å². The normalized spacial score (nSPS) is 10.6. The molecule has 0 aliphatic rings. The summed E-state index contributed by atoms with van der Waals surface area (Å²) < 4.78 is 1.21. The van der Waals surface area contributed by atoms with Gasteiger partial charge in [0.1, 0.15) is 10.8 Å². The zero-order valence-electron chi connectivity index (χ0n) is 9.00. The number of hydrogen-bond acceptors (Lipinski definition) is 5. The Kier molecular flexibility index (Phi) is 2.67. The molecule has 0 saturated carbocycles. The summed E-state index contributed by atoms with van der Waals surface area (Å²) in [5.74, 6) is 0.770. The van der Waals surface area contributed by atoms with Gasteiger partial charge in [0.25, 0.3) is 0 Å². The maximum atomic E-state index is 4.54. The number of aromatic nitrogens is 3. The molecule has 2 heterocycles. The molecular weight excluding hydrogens is 232 g/mol. The lowest BCUT2D eigenvalue weighted by Crippen LogP contribution is -2.00. The lowest BCUT2D eigenvalue weighted by atomic mass is 10.3. The van der Waals surface area contributed by atoms with Gasteiger partial charge in [-0.05, 0) is 12.1 Å². The quantitative estimate of drug-likeness (QED) is 0.767. The molecule has 0 aliphatic carbocycles. The second-order valence-electron chi connectivity index (χ2n) is 3.52. The summed E-state index contributed by atoms with van der Waals surface area (Å²) in [5.41, 5.74) is 1.05.